The molecule has 1 aliphatic rings. The summed E-state index contributed by atoms with van der Waals surface area (Å²) in [5, 5.41) is 3.31. The summed E-state index contributed by atoms with van der Waals surface area (Å²) in [5.41, 5.74) is -1.10. The van der Waals surface area contributed by atoms with Crippen molar-refractivity contribution in [2.45, 2.75) is 58.1 Å². The van der Waals surface area contributed by atoms with Crippen molar-refractivity contribution >= 4 is 23.5 Å². The number of amides is 1. The van der Waals surface area contributed by atoms with Gasteiger partial charge in [0.15, 0.2) is 5.78 Å². The van der Waals surface area contributed by atoms with Crippen molar-refractivity contribution in [3.05, 3.63) is 34.9 Å². The van der Waals surface area contributed by atoms with Crippen LogP contribution in [0.15, 0.2) is 24.3 Å². The van der Waals surface area contributed by atoms with E-state index in [2.05, 4.69) is 5.32 Å². The Balaban J connectivity index is 2.42. The summed E-state index contributed by atoms with van der Waals surface area (Å²) in [6.45, 7) is 7.27. The molecular weight excluding hydrogens is 314 g/mol. The van der Waals surface area contributed by atoms with Crippen LogP contribution in [0, 0.1) is 5.92 Å². The third-order valence-electron chi connectivity index (χ3n) is 4.11. The number of carbonyl (C=O) groups is 2. The van der Waals surface area contributed by atoms with Crippen LogP contribution in [-0.4, -0.2) is 17.5 Å². The summed E-state index contributed by atoms with van der Waals surface area (Å²) in [5.74, 6) is -0.141. The van der Waals surface area contributed by atoms with Crippen molar-refractivity contribution in [2.75, 3.05) is 0 Å². The first-order valence-electron chi connectivity index (χ1n) is 7.96. The van der Waals surface area contributed by atoms with E-state index in [4.69, 9.17) is 16.3 Å². The van der Waals surface area contributed by atoms with Gasteiger partial charge < -0.3 is 10.1 Å². The smallest absolute Gasteiger partial charge is 0.408 e. The van der Waals surface area contributed by atoms with Crippen molar-refractivity contribution in [3.63, 3.8) is 0 Å². The molecule has 1 fully saturated rings. The van der Waals surface area contributed by atoms with E-state index in [9.17, 15) is 9.59 Å². The van der Waals surface area contributed by atoms with E-state index in [0.29, 0.717) is 17.0 Å². The van der Waals surface area contributed by atoms with E-state index in [1.54, 1.807) is 32.9 Å². The Labute approximate surface area is 142 Å². The third kappa shape index (κ3) is 3.86. The Morgan fingerprint density at radius 2 is 2.00 bits per heavy atom. The molecule has 0 saturated heterocycles. The largest absolute Gasteiger partial charge is 0.444 e. The summed E-state index contributed by atoms with van der Waals surface area (Å²) in [4.78, 5) is 25.3. The number of nitrogens with one attached hydrogen (secondary N) is 1. The lowest BCUT2D eigenvalue weighted by molar-refractivity contribution is -0.132. The van der Waals surface area contributed by atoms with Crippen molar-refractivity contribution < 1.29 is 14.3 Å². The molecule has 0 bridgehead atoms. The molecule has 2 atom stereocenters. The van der Waals surface area contributed by atoms with Gasteiger partial charge in [-0.1, -0.05) is 36.7 Å². The fourth-order valence-electron chi connectivity index (χ4n) is 3.09. The maximum atomic E-state index is 13.0. The van der Waals surface area contributed by atoms with E-state index < -0.39 is 17.2 Å². The number of hydrogen-bond donors (Lipinski definition) is 1. The first-order chi connectivity index (χ1) is 10.7. The highest BCUT2D eigenvalue weighted by Crippen LogP contribution is 2.40. The Hall–Kier alpha value is -1.55. The molecule has 23 heavy (non-hydrogen) atoms. The molecule has 1 aliphatic carbocycles. The van der Waals surface area contributed by atoms with Gasteiger partial charge >= 0.3 is 6.09 Å². The van der Waals surface area contributed by atoms with E-state index >= 15 is 0 Å². The number of carbonyl (C=O) groups excluding carboxylic acids is 2. The highest BCUT2D eigenvalue weighted by Gasteiger charge is 2.47. The predicted octanol–water partition coefficient (Wildman–Crippen LogP) is 4.45. The molecule has 126 valence electrons. The number of halogens is 1. The second-order valence-corrected chi connectivity index (χ2v) is 7.58. The van der Waals surface area contributed by atoms with E-state index in [1.807, 2.05) is 19.1 Å². The van der Waals surface area contributed by atoms with Gasteiger partial charge in [0.25, 0.3) is 0 Å². The van der Waals surface area contributed by atoms with Gasteiger partial charge in [-0.2, -0.15) is 0 Å². The van der Waals surface area contributed by atoms with Gasteiger partial charge in [-0.25, -0.2) is 4.79 Å². The summed E-state index contributed by atoms with van der Waals surface area (Å²) in [7, 11) is 0. The lowest BCUT2D eigenvalue weighted by Crippen LogP contribution is -2.56. The van der Waals surface area contributed by atoms with Crippen LogP contribution in [0.25, 0.3) is 0 Å². The zero-order valence-electron chi connectivity index (χ0n) is 14.1. The fraction of sp³-hybridized carbons (Fsp3) is 0.556. The molecular formula is C18H24ClNO3. The van der Waals surface area contributed by atoms with Crippen molar-refractivity contribution in [1.82, 2.24) is 5.32 Å². The topological polar surface area (TPSA) is 55.4 Å². The second-order valence-electron chi connectivity index (χ2n) is 7.17. The molecule has 1 aromatic carbocycles. The van der Waals surface area contributed by atoms with Gasteiger partial charge in [0.1, 0.15) is 11.1 Å². The average Bonchev–Trinajstić information content (AvgIpc) is 2.42. The van der Waals surface area contributed by atoms with Crippen molar-refractivity contribution in [1.29, 1.82) is 0 Å². The second kappa shape index (κ2) is 6.52. The van der Waals surface area contributed by atoms with Crippen LogP contribution < -0.4 is 5.32 Å². The van der Waals surface area contributed by atoms with Crippen molar-refractivity contribution in [2.24, 2.45) is 5.92 Å². The number of alkyl carbamates (subject to hydrolysis) is 1. The van der Waals surface area contributed by atoms with Gasteiger partial charge in [0.2, 0.25) is 0 Å². The van der Waals surface area contributed by atoms with E-state index in [-0.39, 0.29) is 11.7 Å². The lowest BCUT2D eigenvalue weighted by atomic mass is 9.71. The average molecular weight is 338 g/mol. The van der Waals surface area contributed by atoms with Crippen LogP contribution in [-0.2, 0) is 15.1 Å². The molecule has 2 rings (SSSR count). The van der Waals surface area contributed by atoms with Crippen LogP contribution in [0.5, 0.6) is 0 Å². The van der Waals surface area contributed by atoms with Crippen LogP contribution in [0.2, 0.25) is 5.02 Å². The molecule has 4 nitrogen and oxygen atoms in total. The highest BCUT2D eigenvalue weighted by atomic mass is 35.5. The number of Topliss-reactive ketones (excluding diaryl/α,β-unsaturated/α-hetero) is 1. The molecule has 0 unspecified atom stereocenters. The Morgan fingerprint density at radius 3 is 2.61 bits per heavy atom. The monoisotopic (exact) mass is 337 g/mol. The molecule has 0 aromatic heterocycles. The quantitative estimate of drug-likeness (QED) is 0.867. The first-order valence-corrected chi connectivity index (χ1v) is 8.34. The Bertz CT molecular complexity index is 609. The Morgan fingerprint density at radius 1 is 1.35 bits per heavy atom. The van der Waals surface area contributed by atoms with Crippen LogP contribution >= 0.6 is 11.6 Å². The number of hydrogen-bond acceptors (Lipinski definition) is 3. The normalized spacial score (nSPS) is 25.1. The molecule has 0 spiro atoms. The summed E-state index contributed by atoms with van der Waals surface area (Å²) in [6, 6.07) is 7.17. The standard InChI is InChI=1S/C18H24ClNO3/c1-12-8-7-11-18(15(12)21,13-9-5-6-10-14(13)19)20-16(22)23-17(2,3)4/h5-6,9-10,12H,7-8,11H2,1-4H3,(H,20,22)/t12-,18+/m0/s1. The molecule has 0 heterocycles. The highest BCUT2D eigenvalue weighted by molar-refractivity contribution is 6.31. The van der Waals surface area contributed by atoms with Crippen LogP contribution in [0.4, 0.5) is 4.79 Å². The number of ether oxygens (including phenoxy) is 1. The van der Waals surface area contributed by atoms with Crippen LogP contribution in [0.3, 0.4) is 0 Å². The van der Waals surface area contributed by atoms with Crippen LogP contribution in [0.1, 0.15) is 52.5 Å². The van der Waals surface area contributed by atoms with Gasteiger partial charge in [0, 0.05) is 16.5 Å². The summed E-state index contributed by atoms with van der Waals surface area (Å²) in [6.07, 6.45) is 1.59. The predicted molar refractivity (Wildman–Crippen MR) is 90.5 cm³/mol. The molecule has 1 amide bonds. The summed E-state index contributed by atoms with van der Waals surface area (Å²) < 4.78 is 5.37. The SMILES string of the molecule is C[C@H]1CCC[C@@](NC(=O)OC(C)(C)C)(c2ccccc2Cl)C1=O. The van der Waals surface area contributed by atoms with Gasteiger partial charge in [-0.05, 0) is 46.1 Å². The van der Waals surface area contributed by atoms with Gasteiger partial charge in [0.05, 0.1) is 0 Å². The van der Waals surface area contributed by atoms with E-state index in [1.165, 1.54) is 0 Å². The zero-order valence-corrected chi connectivity index (χ0v) is 14.9. The Kier molecular flexibility index (Phi) is 5.04. The summed E-state index contributed by atoms with van der Waals surface area (Å²) >= 11 is 6.33. The van der Waals surface area contributed by atoms with Gasteiger partial charge in [-0.3, -0.25) is 4.79 Å². The minimum atomic E-state index is -1.11. The molecule has 0 aliphatic heterocycles. The minimum Gasteiger partial charge on any atom is -0.444 e. The number of ketones is 1. The lowest BCUT2D eigenvalue weighted by Gasteiger charge is -2.40. The number of benzene rings is 1. The zero-order chi connectivity index (χ0) is 17.3. The molecule has 1 N–H and O–H groups in total. The first kappa shape index (κ1) is 17.8. The third-order valence-corrected chi connectivity index (χ3v) is 4.43. The molecule has 5 heteroatoms. The molecule has 1 aromatic rings. The molecule has 1 saturated carbocycles. The maximum Gasteiger partial charge on any atom is 0.408 e. The minimum absolute atomic E-state index is 0.0114. The van der Waals surface area contributed by atoms with Crippen molar-refractivity contribution in [3.8, 4) is 0 Å². The maximum absolute atomic E-state index is 13.0. The van der Waals surface area contributed by atoms with Gasteiger partial charge in [-0.15, -0.1) is 0 Å². The fourth-order valence-corrected chi connectivity index (χ4v) is 3.39. The van der Waals surface area contributed by atoms with E-state index in [0.717, 1.165) is 12.8 Å². The molecule has 0 radical (unpaired) electrons. The number of rotatable bonds is 2.